The number of nitrogens with one attached hydrogen (secondary N) is 2. The summed E-state index contributed by atoms with van der Waals surface area (Å²) in [4.78, 5) is 10.6. The van der Waals surface area contributed by atoms with Crippen molar-refractivity contribution >= 4 is 11.4 Å². The average Bonchev–Trinajstić information content (AvgIpc) is 2.38. The summed E-state index contributed by atoms with van der Waals surface area (Å²) in [6.07, 6.45) is 0.0552. The SMILES string of the molecule is Cc1ccc(NCC2CNCCO2)c([N+](=O)[O-])c1. The van der Waals surface area contributed by atoms with Crippen LogP contribution in [0.25, 0.3) is 0 Å². The van der Waals surface area contributed by atoms with E-state index in [2.05, 4.69) is 10.6 Å². The summed E-state index contributed by atoms with van der Waals surface area (Å²) in [6.45, 7) is 4.72. The average molecular weight is 251 g/mol. The lowest BCUT2D eigenvalue weighted by Gasteiger charge is -2.24. The van der Waals surface area contributed by atoms with Crippen LogP contribution in [0.5, 0.6) is 0 Å². The highest BCUT2D eigenvalue weighted by Crippen LogP contribution is 2.25. The Morgan fingerprint density at radius 3 is 3.11 bits per heavy atom. The number of nitrogens with zero attached hydrogens (tertiary/aromatic N) is 1. The predicted octanol–water partition coefficient (Wildman–Crippen LogP) is 1.30. The number of benzene rings is 1. The zero-order valence-electron chi connectivity index (χ0n) is 10.3. The lowest BCUT2D eigenvalue weighted by atomic mass is 10.2. The highest BCUT2D eigenvalue weighted by atomic mass is 16.6. The van der Waals surface area contributed by atoms with Gasteiger partial charge in [-0.1, -0.05) is 6.07 Å². The van der Waals surface area contributed by atoms with Gasteiger partial charge in [0, 0.05) is 25.7 Å². The van der Waals surface area contributed by atoms with Gasteiger partial charge >= 0.3 is 0 Å². The second kappa shape index (κ2) is 5.79. The first-order valence-electron chi connectivity index (χ1n) is 5.98. The molecule has 1 aromatic rings. The molecule has 0 saturated carbocycles. The van der Waals surface area contributed by atoms with Crippen LogP contribution in [0.1, 0.15) is 5.56 Å². The Morgan fingerprint density at radius 1 is 1.61 bits per heavy atom. The molecule has 18 heavy (non-hydrogen) atoms. The fourth-order valence-electron chi connectivity index (χ4n) is 1.92. The van der Waals surface area contributed by atoms with E-state index in [4.69, 9.17) is 4.74 Å². The maximum atomic E-state index is 10.9. The lowest BCUT2D eigenvalue weighted by Crippen LogP contribution is -2.42. The third-order valence-corrected chi connectivity index (χ3v) is 2.87. The summed E-state index contributed by atoms with van der Waals surface area (Å²) in [5.41, 5.74) is 1.53. The summed E-state index contributed by atoms with van der Waals surface area (Å²) in [6, 6.07) is 5.17. The maximum absolute atomic E-state index is 10.9. The molecule has 0 bridgehead atoms. The Balaban J connectivity index is 2.01. The van der Waals surface area contributed by atoms with E-state index in [9.17, 15) is 10.1 Å². The molecule has 1 saturated heterocycles. The van der Waals surface area contributed by atoms with Crippen molar-refractivity contribution in [2.75, 3.05) is 31.6 Å². The molecule has 1 aromatic carbocycles. The summed E-state index contributed by atoms with van der Waals surface area (Å²) in [5, 5.41) is 17.3. The van der Waals surface area contributed by atoms with Crippen molar-refractivity contribution in [2.24, 2.45) is 0 Å². The molecule has 2 rings (SSSR count). The third kappa shape index (κ3) is 3.18. The molecule has 1 aliphatic heterocycles. The van der Waals surface area contributed by atoms with Crippen molar-refractivity contribution in [3.8, 4) is 0 Å². The Morgan fingerprint density at radius 2 is 2.44 bits per heavy atom. The molecule has 1 unspecified atom stereocenters. The van der Waals surface area contributed by atoms with Gasteiger partial charge < -0.3 is 15.4 Å². The summed E-state index contributed by atoms with van der Waals surface area (Å²) in [5.74, 6) is 0. The fraction of sp³-hybridized carbons (Fsp3) is 0.500. The van der Waals surface area contributed by atoms with Crippen LogP contribution in [0.2, 0.25) is 0 Å². The first-order valence-corrected chi connectivity index (χ1v) is 5.98. The minimum Gasteiger partial charge on any atom is -0.377 e. The molecule has 1 heterocycles. The zero-order chi connectivity index (χ0) is 13.0. The summed E-state index contributed by atoms with van der Waals surface area (Å²) >= 11 is 0. The number of nitro benzene ring substituents is 1. The lowest BCUT2D eigenvalue weighted by molar-refractivity contribution is -0.384. The van der Waals surface area contributed by atoms with E-state index in [0.717, 1.165) is 18.7 Å². The van der Waals surface area contributed by atoms with E-state index in [0.29, 0.717) is 18.8 Å². The van der Waals surface area contributed by atoms with E-state index in [1.54, 1.807) is 12.1 Å². The normalized spacial score (nSPS) is 19.5. The van der Waals surface area contributed by atoms with Crippen molar-refractivity contribution in [2.45, 2.75) is 13.0 Å². The molecule has 1 atom stereocenters. The number of morpholine rings is 1. The molecule has 2 N–H and O–H groups in total. The topological polar surface area (TPSA) is 76.4 Å². The van der Waals surface area contributed by atoms with Gasteiger partial charge in [0.25, 0.3) is 5.69 Å². The van der Waals surface area contributed by atoms with Crippen molar-refractivity contribution in [1.29, 1.82) is 0 Å². The van der Waals surface area contributed by atoms with Crippen molar-refractivity contribution in [3.05, 3.63) is 33.9 Å². The molecular formula is C12H17N3O3. The molecule has 0 aliphatic carbocycles. The van der Waals surface area contributed by atoms with E-state index < -0.39 is 0 Å². The molecule has 1 fully saturated rings. The van der Waals surface area contributed by atoms with Gasteiger partial charge in [-0.05, 0) is 18.6 Å². The fourth-order valence-corrected chi connectivity index (χ4v) is 1.92. The van der Waals surface area contributed by atoms with Crippen molar-refractivity contribution in [1.82, 2.24) is 5.32 Å². The van der Waals surface area contributed by atoms with E-state index in [1.807, 2.05) is 13.0 Å². The second-order valence-electron chi connectivity index (χ2n) is 4.36. The largest absolute Gasteiger partial charge is 0.377 e. The molecule has 0 spiro atoms. The first-order chi connectivity index (χ1) is 8.66. The second-order valence-corrected chi connectivity index (χ2v) is 4.36. The molecule has 0 amide bonds. The molecule has 6 heteroatoms. The highest BCUT2D eigenvalue weighted by Gasteiger charge is 2.17. The number of hydrogen-bond acceptors (Lipinski definition) is 5. The van der Waals surface area contributed by atoms with Crippen LogP contribution >= 0.6 is 0 Å². The van der Waals surface area contributed by atoms with Gasteiger partial charge in [0.1, 0.15) is 5.69 Å². The van der Waals surface area contributed by atoms with Crippen molar-refractivity contribution < 1.29 is 9.66 Å². The molecule has 0 aromatic heterocycles. The molecule has 6 nitrogen and oxygen atoms in total. The van der Waals surface area contributed by atoms with E-state index >= 15 is 0 Å². The highest BCUT2D eigenvalue weighted by molar-refractivity contribution is 5.62. The van der Waals surface area contributed by atoms with Crippen molar-refractivity contribution in [3.63, 3.8) is 0 Å². The summed E-state index contributed by atoms with van der Waals surface area (Å²) in [7, 11) is 0. The Hall–Kier alpha value is -1.66. The Bertz CT molecular complexity index is 431. The van der Waals surface area contributed by atoms with Crippen LogP contribution in [-0.4, -0.2) is 37.3 Å². The molecule has 98 valence electrons. The number of hydrogen-bond donors (Lipinski definition) is 2. The molecular weight excluding hydrogens is 234 g/mol. The standard InChI is InChI=1S/C12H17N3O3/c1-9-2-3-11(12(6-9)15(16)17)14-8-10-7-13-4-5-18-10/h2-3,6,10,13-14H,4-5,7-8H2,1H3. The van der Waals surface area contributed by atoms with Crippen LogP contribution in [0.3, 0.4) is 0 Å². The smallest absolute Gasteiger partial charge is 0.292 e. The minimum atomic E-state index is -0.366. The minimum absolute atomic E-state index is 0.0552. The number of aryl methyl sites for hydroxylation is 1. The Labute approximate surface area is 105 Å². The Kier molecular flexibility index (Phi) is 4.11. The van der Waals surface area contributed by atoms with Gasteiger partial charge in [0.05, 0.1) is 17.6 Å². The van der Waals surface area contributed by atoms with Gasteiger partial charge in [0.2, 0.25) is 0 Å². The monoisotopic (exact) mass is 251 g/mol. The third-order valence-electron chi connectivity index (χ3n) is 2.87. The van der Waals surface area contributed by atoms with Gasteiger partial charge in [-0.15, -0.1) is 0 Å². The van der Waals surface area contributed by atoms with Gasteiger partial charge in [0.15, 0.2) is 0 Å². The van der Waals surface area contributed by atoms with Gasteiger partial charge in [-0.25, -0.2) is 0 Å². The number of anilines is 1. The number of ether oxygens (including phenoxy) is 1. The van der Waals surface area contributed by atoms with Crippen LogP contribution in [0, 0.1) is 17.0 Å². The predicted molar refractivity (Wildman–Crippen MR) is 68.9 cm³/mol. The maximum Gasteiger partial charge on any atom is 0.292 e. The zero-order valence-corrected chi connectivity index (χ0v) is 10.3. The number of nitro groups is 1. The van der Waals surface area contributed by atoms with E-state index in [-0.39, 0.29) is 16.7 Å². The summed E-state index contributed by atoms with van der Waals surface area (Å²) < 4.78 is 5.53. The molecule has 1 aliphatic rings. The van der Waals surface area contributed by atoms with Crippen LogP contribution in [0.4, 0.5) is 11.4 Å². The van der Waals surface area contributed by atoms with Crippen LogP contribution < -0.4 is 10.6 Å². The van der Waals surface area contributed by atoms with Crippen LogP contribution in [-0.2, 0) is 4.74 Å². The van der Waals surface area contributed by atoms with Crippen LogP contribution in [0.15, 0.2) is 18.2 Å². The number of rotatable bonds is 4. The van der Waals surface area contributed by atoms with E-state index in [1.165, 1.54) is 0 Å². The van der Waals surface area contributed by atoms with Gasteiger partial charge in [-0.3, -0.25) is 10.1 Å². The quantitative estimate of drug-likeness (QED) is 0.623. The first kappa shape index (κ1) is 12.8. The molecule has 0 radical (unpaired) electrons. The van der Waals surface area contributed by atoms with Gasteiger partial charge in [-0.2, -0.15) is 0 Å².